The highest BCUT2D eigenvalue weighted by molar-refractivity contribution is 9.10. The Kier molecular flexibility index (Phi) is 4.83. The van der Waals surface area contributed by atoms with E-state index in [1.54, 1.807) is 24.3 Å². The van der Waals surface area contributed by atoms with E-state index >= 15 is 0 Å². The number of aromatic nitrogens is 1. The zero-order valence-electron chi connectivity index (χ0n) is 10.7. The number of pyridine rings is 1. The number of ether oxygens (including phenoxy) is 1. The molecule has 0 saturated carbocycles. The summed E-state index contributed by atoms with van der Waals surface area (Å²) in [6.45, 7) is -0.265. The van der Waals surface area contributed by atoms with E-state index < -0.39 is 10.8 Å². The van der Waals surface area contributed by atoms with Crippen LogP contribution in [0, 0.1) is 10.1 Å². The third kappa shape index (κ3) is 4.25. The van der Waals surface area contributed by atoms with E-state index in [1.807, 2.05) is 6.07 Å². The molecule has 2 aromatic rings. The van der Waals surface area contributed by atoms with Gasteiger partial charge in [-0.05, 0) is 28.1 Å². The molecule has 0 radical (unpaired) electrons. The molecule has 8 heteroatoms. The third-order valence-corrected chi connectivity index (χ3v) is 2.84. The minimum absolute atomic E-state index is 0.120. The number of halogens is 1. The minimum Gasteiger partial charge on any atom is -0.484 e. The Labute approximate surface area is 128 Å². The van der Waals surface area contributed by atoms with Gasteiger partial charge in [0.2, 0.25) is 5.82 Å². The number of nitrogens with one attached hydrogen (secondary N) is 1. The highest BCUT2D eigenvalue weighted by atomic mass is 79.9. The van der Waals surface area contributed by atoms with Crippen LogP contribution in [0.2, 0.25) is 0 Å². The van der Waals surface area contributed by atoms with Gasteiger partial charge in [-0.1, -0.05) is 18.2 Å². The molecule has 21 heavy (non-hydrogen) atoms. The van der Waals surface area contributed by atoms with Gasteiger partial charge in [0.15, 0.2) is 6.61 Å². The van der Waals surface area contributed by atoms with Gasteiger partial charge < -0.3 is 10.1 Å². The van der Waals surface area contributed by atoms with Crippen molar-refractivity contribution in [2.45, 2.75) is 0 Å². The van der Waals surface area contributed by atoms with Crippen molar-refractivity contribution in [3.05, 3.63) is 57.2 Å². The van der Waals surface area contributed by atoms with Crippen molar-refractivity contribution < 1.29 is 14.5 Å². The normalized spacial score (nSPS) is 9.95. The van der Waals surface area contributed by atoms with Gasteiger partial charge in [0.05, 0.1) is 4.92 Å². The summed E-state index contributed by atoms with van der Waals surface area (Å²) < 4.78 is 5.70. The molecule has 0 spiro atoms. The number of amides is 1. The van der Waals surface area contributed by atoms with E-state index in [0.717, 1.165) is 0 Å². The largest absolute Gasteiger partial charge is 0.484 e. The third-order valence-electron chi connectivity index (χ3n) is 2.40. The number of benzene rings is 1. The molecule has 108 valence electrons. The number of hydrogen-bond acceptors (Lipinski definition) is 5. The van der Waals surface area contributed by atoms with Crippen molar-refractivity contribution in [1.29, 1.82) is 0 Å². The smallest absolute Gasteiger partial charge is 0.312 e. The fourth-order valence-corrected chi connectivity index (χ4v) is 1.82. The Morgan fingerprint density at radius 1 is 1.38 bits per heavy atom. The summed E-state index contributed by atoms with van der Waals surface area (Å²) in [7, 11) is 0. The second-order valence-corrected chi connectivity index (χ2v) is 4.84. The van der Waals surface area contributed by atoms with Crippen molar-refractivity contribution in [2.24, 2.45) is 0 Å². The van der Waals surface area contributed by atoms with Crippen molar-refractivity contribution in [1.82, 2.24) is 4.98 Å². The summed E-state index contributed by atoms with van der Waals surface area (Å²) in [6.07, 6.45) is 1.36. The lowest BCUT2D eigenvalue weighted by atomic mass is 10.3. The van der Waals surface area contributed by atoms with E-state index in [9.17, 15) is 14.9 Å². The van der Waals surface area contributed by atoms with Crippen LogP contribution >= 0.6 is 15.9 Å². The van der Waals surface area contributed by atoms with E-state index in [2.05, 4.69) is 26.2 Å². The van der Waals surface area contributed by atoms with Crippen molar-refractivity contribution in [2.75, 3.05) is 11.9 Å². The molecule has 0 aliphatic heterocycles. The lowest BCUT2D eigenvalue weighted by molar-refractivity contribution is -0.384. The molecule has 0 aliphatic carbocycles. The molecule has 0 unspecified atom stereocenters. The average molecular weight is 352 g/mol. The van der Waals surface area contributed by atoms with Gasteiger partial charge in [0, 0.05) is 16.7 Å². The predicted octanol–water partition coefficient (Wildman–Crippen LogP) is 2.77. The van der Waals surface area contributed by atoms with Crippen LogP contribution in [0.15, 0.2) is 47.1 Å². The van der Waals surface area contributed by atoms with Crippen LogP contribution in [0.3, 0.4) is 0 Å². The van der Waals surface area contributed by atoms with Crippen LogP contribution in [0.5, 0.6) is 5.75 Å². The average Bonchev–Trinajstić information content (AvgIpc) is 2.48. The second-order valence-electron chi connectivity index (χ2n) is 3.93. The fraction of sp³-hybridized carbons (Fsp3) is 0.0769. The van der Waals surface area contributed by atoms with Gasteiger partial charge >= 0.3 is 5.69 Å². The monoisotopic (exact) mass is 351 g/mol. The van der Waals surface area contributed by atoms with Gasteiger partial charge in [-0.3, -0.25) is 14.9 Å². The van der Waals surface area contributed by atoms with Crippen LogP contribution < -0.4 is 10.1 Å². The van der Waals surface area contributed by atoms with Crippen molar-refractivity contribution >= 4 is 33.3 Å². The fourth-order valence-electron chi connectivity index (χ4n) is 1.50. The highest BCUT2D eigenvalue weighted by Gasteiger charge is 2.18. The molecule has 7 nitrogen and oxygen atoms in total. The highest BCUT2D eigenvalue weighted by Crippen LogP contribution is 2.25. The van der Waals surface area contributed by atoms with E-state index in [-0.39, 0.29) is 18.1 Å². The summed E-state index contributed by atoms with van der Waals surface area (Å²) >= 11 is 3.09. The van der Waals surface area contributed by atoms with Crippen LogP contribution in [-0.2, 0) is 4.79 Å². The Morgan fingerprint density at radius 2 is 2.10 bits per heavy atom. The number of nitro groups is 1. The summed E-state index contributed by atoms with van der Waals surface area (Å²) in [6, 6.07) is 10.0. The maximum absolute atomic E-state index is 11.7. The summed E-state index contributed by atoms with van der Waals surface area (Å²) in [5.41, 5.74) is -0.294. The molecule has 0 aliphatic rings. The minimum atomic E-state index is -0.620. The topological polar surface area (TPSA) is 94.4 Å². The van der Waals surface area contributed by atoms with E-state index in [4.69, 9.17) is 4.74 Å². The lowest BCUT2D eigenvalue weighted by Gasteiger charge is -2.07. The maximum atomic E-state index is 11.7. The number of anilines is 1. The number of nitrogens with zero attached hydrogens (tertiary/aromatic N) is 2. The van der Waals surface area contributed by atoms with Gasteiger partial charge in [0.25, 0.3) is 5.91 Å². The SMILES string of the molecule is O=C(COc1ccccc1)Nc1ncc(Br)cc1[N+](=O)[O-]. The molecule has 1 heterocycles. The number of hydrogen-bond donors (Lipinski definition) is 1. The van der Waals surface area contributed by atoms with Crippen LogP contribution in [-0.4, -0.2) is 22.4 Å². The second kappa shape index (κ2) is 6.80. The lowest BCUT2D eigenvalue weighted by Crippen LogP contribution is -2.21. The molecular formula is C13H10BrN3O4. The number of carbonyl (C=O) groups excluding carboxylic acids is 1. The summed E-state index contributed by atoms with van der Waals surface area (Å²) in [4.78, 5) is 25.8. The van der Waals surface area contributed by atoms with Crippen LogP contribution in [0.1, 0.15) is 0 Å². The standard InChI is InChI=1S/C13H10BrN3O4/c14-9-6-11(17(19)20)13(15-7-9)16-12(18)8-21-10-4-2-1-3-5-10/h1-7H,8H2,(H,15,16,18). The van der Waals surface area contributed by atoms with Crippen LogP contribution in [0.25, 0.3) is 0 Å². The molecule has 2 rings (SSSR count). The number of rotatable bonds is 5. The first kappa shape index (κ1) is 14.9. The van der Waals surface area contributed by atoms with Crippen molar-refractivity contribution in [3.63, 3.8) is 0 Å². The summed E-state index contributed by atoms with van der Waals surface area (Å²) in [5, 5.41) is 13.2. The quantitative estimate of drug-likeness (QED) is 0.660. The number of carbonyl (C=O) groups is 1. The van der Waals surface area contributed by atoms with Gasteiger partial charge in [-0.2, -0.15) is 0 Å². The first-order valence-corrected chi connectivity index (χ1v) is 6.63. The van der Waals surface area contributed by atoms with E-state index in [0.29, 0.717) is 10.2 Å². The molecule has 0 atom stereocenters. The Balaban J connectivity index is 2.01. The van der Waals surface area contributed by atoms with E-state index in [1.165, 1.54) is 12.3 Å². The molecule has 1 aromatic carbocycles. The molecule has 1 N–H and O–H groups in total. The molecule has 1 aromatic heterocycles. The Bertz CT molecular complexity index is 664. The first-order chi connectivity index (χ1) is 10.1. The van der Waals surface area contributed by atoms with Gasteiger partial charge in [0.1, 0.15) is 5.75 Å². The molecule has 0 saturated heterocycles. The summed E-state index contributed by atoms with van der Waals surface area (Å²) in [5.74, 6) is -0.118. The number of para-hydroxylation sites is 1. The predicted molar refractivity (Wildman–Crippen MR) is 79.2 cm³/mol. The Morgan fingerprint density at radius 3 is 2.76 bits per heavy atom. The zero-order valence-corrected chi connectivity index (χ0v) is 12.2. The first-order valence-electron chi connectivity index (χ1n) is 5.84. The van der Waals surface area contributed by atoms with Crippen molar-refractivity contribution in [3.8, 4) is 5.75 Å². The van der Waals surface area contributed by atoms with Gasteiger partial charge in [-0.15, -0.1) is 0 Å². The maximum Gasteiger partial charge on any atom is 0.312 e. The molecular weight excluding hydrogens is 342 g/mol. The molecule has 0 fully saturated rings. The zero-order chi connectivity index (χ0) is 15.2. The molecule has 1 amide bonds. The Hall–Kier alpha value is -2.48. The molecule has 0 bridgehead atoms. The van der Waals surface area contributed by atoms with Gasteiger partial charge in [-0.25, -0.2) is 4.98 Å². The van der Waals surface area contributed by atoms with Crippen LogP contribution in [0.4, 0.5) is 11.5 Å².